The van der Waals surface area contributed by atoms with E-state index in [2.05, 4.69) is 29.0 Å². The molecule has 1 heterocycles. The van der Waals surface area contributed by atoms with E-state index in [-0.39, 0.29) is 12.0 Å². The van der Waals surface area contributed by atoms with Gasteiger partial charge in [-0.1, -0.05) is 19.8 Å². The summed E-state index contributed by atoms with van der Waals surface area (Å²) < 4.78 is 2.11. The summed E-state index contributed by atoms with van der Waals surface area (Å²) in [4.78, 5) is 0. The lowest BCUT2D eigenvalue weighted by molar-refractivity contribution is 0.126. The molecule has 1 saturated carbocycles. The van der Waals surface area contributed by atoms with E-state index < -0.39 is 0 Å². The van der Waals surface area contributed by atoms with Gasteiger partial charge in [0, 0.05) is 24.6 Å². The van der Waals surface area contributed by atoms with E-state index in [1.165, 1.54) is 25.7 Å². The Morgan fingerprint density at radius 1 is 1.50 bits per heavy atom. The van der Waals surface area contributed by atoms with Crippen molar-refractivity contribution in [1.29, 1.82) is 0 Å². The number of nitrogens with two attached hydrogens (primary N) is 1. The first kappa shape index (κ1) is 13.6. The quantitative estimate of drug-likeness (QED) is 0.811. The molecule has 18 heavy (non-hydrogen) atoms. The van der Waals surface area contributed by atoms with Crippen LogP contribution in [0.25, 0.3) is 0 Å². The molecule has 0 spiro atoms. The van der Waals surface area contributed by atoms with E-state index >= 15 is 0 Å². The Balaban J connectivity index is 2.05. The summed E-state index contributed by atoms with van der Waals surface area (Å²) in [5.74, 6) is 0. The second-order valence-corrected chi connectivity index (χ2v) is 5.62. The summed E-state index contributed by atoms with van der Waals surface area (Å²) in [5, 5.41) is 14.2. The fraction of sp³-hybridized carbons (Fsp3) is 0.786. The van der Waals surface area contributed by atoms with Gasteiger partial charge < -0.3 is 10.8 Å². The zero-order valence-electron chi connectivity index (χ0n) is 11.3. The predicted octanol–water partition coefficient (Wildman–Crippen LogP) is 1.89. The van der Waals surface area contributed by atoms with Crippen molar-refractivity contribution in [3.8, 4) is 0 Å². The van der Waals surface area contributed by atoms with Crippen LogP contribution in [0.1, 0.15) is 50.8 Å². The van der Waals surface area contributed by atoms with Gasteiger partial charge in [-0.15, -0.1) is 0 Å². The van der Waals surface area contributed by atoms with Gasteiger partial charge in [-0.3, -0.25) is 4.68 Å². The third-order valence-corrected chi connectivity index (χ3v) is 4.44. The first-order chi connectivity index (χ1) is 8.73. The number of hydrogen-bond donors (Lipinski definition) is 2. The molecule has 2 rings (SSSR count). The molecule has 1 aromatic heterocycles. The number of rotatable bonds is 6. The molecule has 0 aliphatic heterocycles. The van der Waals surface area contributed by atoms with Crippen LogP contribution in [0.15, 0.2) is 12.3 Å². The number of aliphatic hydroxyl groups is 1. The van der Waals surface area contributed by atoms with Crippen LogP contribution in [-0.2, 0) is 6.42 Å². The fourth-order valence-corrected chi connectivity index (χ4v) is 2.80. The highest BCUT2D eigenvalue weighted by atomic mass is 16.3. The Hall–Kier alpha value is -0.870. The van der Waals surface area contributed by atoms with E-state index in [0.29, 0.717) is 12.6 Å². The molecule has 1 aliphatic rings. The normalized spacial score (nSPS) is 20.2. The van der Waals surface area contributed by atoms with Gasteiger partial charge in [-0.25, -0.2) is 0 Å². The molecule has 1 aromatic rings. The minimum atomic E-state index is -0.200. The molecule has 4 heteroatoms. The molecule has 0 saturated heterocycles. The minimum absolute atomic E-state index is 0.135. The van der Waals surface area contributed by atoms with Crippen molar-refractivity contribution in [2.45, 2.75) is 51.5 Å². The molecule has 0 amide bonds. The lowest BCUT2D eigenvalue weighted by Gasteiger charge is -2.28. The van der Waals surface area contributed by atoms with E-state index in [1.807, 2.05) is 0 Å². The smallest absolute Gasteiger partial charge is 0.0631 e. The Bertz CT molecular complexity index is 357. The van der Waals surface area contributed by atoms with Gasteiger partial charge in [-0.05, 0) is 25.3 Å². The second-order valence-electron chi connectivity index (χ2n) is 5.62. The van der Waals surface area contributed by atoms with Crippen LogP contribution in [0, 0.1) is 5.41 Å². The highest BCUT2D eigenvalue weighted by Crippen LogP contribution is 2.30. The van der Waals surface area contributed by atoms with Gasteiger partial charge >= 0.3 is 0 Å². The molecule has 0 aromatic carbocycles. The van der Waals surface area contributed by atoms with Crippen molar-refractivity contribution in [3.05, 3.63) is 18.0 Å². The van der Waals surface area contributed by atoms with Crippen molar-refractivity contribution in [2.24, 2.45) is 11.1 Å². The summed E-state index contributed by atoms with van der Waals surface area (Å²) in [6.07, 6.45) is 8.87. The van der Waals surface area contributed by atoms with Gasteiger partial charge in [0.15, 0.2) is 0 Å². The van der Waals surface area contributed by atoms with E-state index in [4.69, 9.17) is 5.73 Å². The molecular formula is C14H25N3O. The third kappa shape index (κ3) is 2.75. The number of aliphatic hydroxyl groups excluding tert-OH is 1. The van der Waals surface area contributed by atoms with E-state index in [9.17, 15) is 5.11 Å². The molecule has 0 radical (unpaired) electrons. The highest BCUT2D eigenvalue weighted by molar-refractivity contribution is 5.04. The summed E-state index contributed by atoms with van der Waals surface area (Å²) in [6.45, 7) is 2.73. The lowest BCUT2D eigenvalue weighted by Crippen LogP contribution is -2.36. The zero-order chi connectivity index (χ0) is 13.0. The maximum atomic E-state index is 9.54. The minimum Gasteiger partial charge on any atom is -0.396 e. The molecule has 1 aliphatic carbocycles. The molecule has 3 N–H and O–H groups in total. The first-order valence-electron chi connectivity index (χ1n) is 7.08. The van der Waals surface area contributed by atoms with Gasteiger partial charge in [0.1, 0.15) is 0 Å². The largest absolute Gasteiger partial charge is 0.396 e. The maximum absolute atomic E-state index is 9.54. The Kier molecular flexibility index (Phi) is 4.40. The second kappa shape index (κ2) is 5.85. The molecule has 0 bridgehead atoms. The standard InChI is InChI=1S/C14H25N3O/c1-2-14(10-15,11-18)9-12-7-8-17(16-12)13-5-3-4-6-13/h7-8,13,18H,2-6,9-11,15H2,1H3. The van der Waals surface area contributed by atoms with Gasteiger partial charge in [0.2, 0.25) is 0 Å². The van der Waals surface area contributed by atoms with Crippen LogP contribution in [0.5, 0.6) is 0 Å². The van der Waals surface area contributed by atoms with Crippen molar-refractivity contribution in [3.63, 3.8) is 0 Å². The summed E-state index contributed by atoms with van der Waals surface area (Å²) in [6, 6.07) is 2.66. The molecule has 4 nitrogen and oxygen atoms in total. The lowest BCUT2D eigenvalue weighted by atomic mass is 9.81. The predicted molar refractivity (Wildman–Crippen MR) is 72.3 cm³/mol. The molecule has 1 atom stereocenters. The zero-order valence-corrected chi connectivity index (χ0v) is 11.3. The van der Waals surface area contributed by atoms with Crippen LogP contribution >= 0.6 is 0 Å². The third-order valence-electron chi connectivity index (χ3n) is 4.44. The molecule has 1 unspecified atom stereocenters. The number of hydrogen-bond acceptors (Lipinski definition) is 3. The van der Waals surface area contributed by atoms with Crippen molar-refractivity contribution < 1.29 is 5.11 Å². The molecule has 1 fully saturated rings. The summed E-state index contributed by atoms with van der Waals surface area (Å²) >= 11 is 0. The van der Waals surface area contributed by atoms with Crippen molar-refractivity contribution in [2.75, 3.05) is 13.2 Å². The van der Waals surface area contributed by atoms with Gasteiger partial charge in [0.05, 0.1) is 18.3 Å². The van der Waals surface area contributed by atoms with Crippen molar-refractivity contribution >= 4 is 0 Å². The van der Waals surface area contributed by atoms with Crippen LogP contribution < -0.4 is 5.73 Å². The Labute approximate surface area is 109 Å². The Morgan fingerprint density at radius 3 is 2.78 bits per heavy atom. The highest BCUT2D eigenvalue weighted by Gasteiger charge is 2.27. The van der Waals surface area contributed by atoms with Gasteiger partial charge in [0.25, 0.3) is 0 Å². The average molecular weight is 251 g/mol. The fourth-order valence-electron chi connectivity index (χ4n) is 2.80. The average Bonchev–Trinajstić information content (AvgIpc) is 3.07. The molecular weight excluding hydrogens is 226 g/mol. The monoisotopic (exact) mass is 251 g/mol. The number of nitrogens with zero attached hydrogens (tertiary/aromatic N) is 2. The first-order valence-corrected chi connectivity index (χ1v) is 7.08. The Morgan fingerprint density at radius 2 is 2.22 bits per heavy atom. The summed E-state index contributed by atoms with van der Waals surface area (Å²) in [5.41, 5.74) is 6.67. The number of aromatic nitrogens is 2. The van der Waals surface area contributed by atoms with Crippen LogP contribution in [0.4, 0.5) is 0 Å². The topological polar surface area (TPSA) is 64.1 Å². The van der Waals surface area contributed by atoms with Gasteiger partial charge in [-0.2, -0.15) is 5.10 Å². The van der Waals surface area contributed by atoms with E-state index in [0.717, 1.165) is 18.5 Å². The van der Waals surface area contributed by atoms with Crippen LogP contribution in [-0.4, -0.2) is 28.0 Å². The molecule has 102 valence electrons. The van der Waals surface area contributed by atoms with Crippen LogP contribution in [0.3, 0.4) is 0 Å². The van der Waals surface area contributed by atoms with Crippen LogP contribution in [0.2, 0.25) is 0 Å². The maximum Gasteiger partial charge on any atom is 0.0631 e. The van der Waals surface area contributed by atoms with Crippen molar-refractivity contribution in [1.82, 2.24) is 9.78 Å². The SMILES string of the molecule is CCC(CN)(CO)Cc1ccn(C2CCCC2)n1. The van der Waals surface area contributed by atoms with E-state index in [1.54, 1.807) is 0 Å². The summed E-state index contributed by atoms with van der Waals surface area (Å²) in [7, 11) is 0.